The van der Waals surface area contributed by atoms with E-state index >= 15 is 0 Å². The molecule has 2 rings (SSSR count). The van der Waals surface area contributed by atoms with Gasteiger partial charge in [0, 0.05) is 12.6 Å². The highest BCUT2D eigenvalue weighted by Gasteiger charge is 2.07. The van der Waals surface area contributed by atoms with E-state index < -0.39 is 12.1 Å². The predicted octanol–water partition coefficient (Wildman–Crippen LogP) is 2.51. The van der Waals surface area contributed by atoms with Gasteiger partial charge < -0.3 is 29.7 Å². The maximum atomic E-state index is 10.7. The third-order valence-electron chi connectivity index (χ3n) is 4.45. The second-order valence-corrected chi connectivity index (χ2v) is 6.68. The number of aliphatic hydroxyl groups is 1. The standard InChI is InChI=1S/C23H29NO6/c1-28-21-9-7-17(13-22(21)29-2)11-12-24-14-20(25)16-30-15-19-6-4-3-5-18(19)8-10-23(26)27/h3-10,13,20,24-25H,11-12,14-16H2,1-2H3,(H,26,27). The molecule has 0 amide bonds. The number of carbonyl (C=O) groups is 1. The Morgan fingerprint density at radius 1 is 1.13 bits per heavy atom. The van der Waals surface area contributed by atoms with E-state index in [1.165, 1.54) is 6.08 Å². The fourth-order valence-electron chi connectivity index (χ4n) is 2.89. The van der Waals surface area contributed by atoms with Gasteiger partial charge >= 0.3 is 5.97 Å². The lowest BCUT2D eigenvalue weighted by Gasteiger charge is -2.14. The van der Waals surface area contributed by atoms with Gasteiger partial charge in [0.15, 0.2) is 11.5 Å². The minimum atomic E-state index is -1.000. The number of hydrogen-bond acceptors (Lipinski definition) is 6. The molecule has 0 spiro atoms. The molecule has 0 aromatic heterocycles. The van der Waals surface area contributed by atoms with Crippen molar-refractivity contribution in [1.82, 2.24) is 5.32 Å². The maximum absolute atomic E-state index is 10.7. The largest absolute Gasteiger partial charge is 0.493 e. The van der Waals surface area contributed by atoms with Crippen molar-refractivity contribution in [2.45, 2.75) is 19.1 Å². The number of methoxy groups -OCH3 is 2. The topological polar surface area (TPSA) is 97.2 Å². The summed E-state index contributed by atoms with van der Waals surface area (Å²) in [6.07, 6.45) is 2.78. The van der Waals surface area contributed by atoms with Crippen molar-refractivity contribution in [1.29, 1.82) is 0 Å². The highest BCUT2D eigenvalue weighted by molar-refractivity contribution is 5.85. The number of aliphatic carboxylic acids is 1. The van der Waals surface area contributed by atoms with Gasteiger partial charge in [0.05, 0.1) is 33.5 Å². The number of hydrogen-bond donors (Lipinski definition) is 3. The summed E-state index contributed by atoms with van der Waals surface area (Å²) in [4.78, 5) is 10.7. The van der Waals surface area contributed by atoms with Gasteiger partial charge in [-0.05, 0) is 47.9 Å². The first kappa shape index (κ1) is 23.4. The molecule has 0 aliphatic carbocycles. The lowest BCUT2D eigenvalue weighted by Crippen LogP contribution is -2.31. The average molecular weight is 415 g/mol. The third kappa shape index (κ3) is 7.87. The smallest absolute Gasteiger partial charge is 0.328 e. The van der Waals surface area contributed by atoms with E-state index in [9.17, 15) is 9.90 Å². The van der Waals surface area contributed by atoms with Crippen molar-refractivity contribution in [2.75, 3.05) is 33.9 Å². The summed E-state index contributed by atoms with van der Waals surface area (Å²) in [6.45, 7) is 1.59. The molecule has 2 aromatic carbocycles. The molecular weight excluding hydrogens is 386 g/mol. The molecule has 162 valence electrons. The van der Waals surface area contributed by atoms with Crippen molar-refractivity contribution in [3.05, 3.63) is 65.2 Å². The van der Waals surface area contributed by atoms with Gasteiger partial charge in [-0.3, -0.25) is 0 Å². The Hall–Kier alpha value is -2.87. The van der Waals surface area contributed by atoms with E-state index in [4.69, 9.17) is 19.3 Å². The first-order chi connectivity index (χ1) is 14.5. The Morgan fingerprint density at radius 3 is 2.63 bits per heavy atom. The Labute approximate surface area is 176 Å². The van der Waals surface area contributed by atoms with Crippen molar-refractivity contribution in [3.63, 3.8) is 0 Å². The molecule has 30 heavy (non-hydrogen) atoms. The van der Waals surface area contributed by atoms with Crippen molar-refractivity contribution in [2.24, 2.45) is 0 Å². The molecule has 0 radical (unpaired) electrons. The van der Waals surface area contributed by atoms with Crippen LogP contribution >= 0.6 is 0 Å². The predicted molar refractivity (Wildman–Crippen MR) is 115 cm³/mol. The van der Waals surface area contributed by atoms with Gasteiger partial charge in [-0.15, -0.1) is 0 Å². The highest BCUT2D eigenvalue weighted by atomic mass is 16.5. The summed E-state index contributed by atoms with van der Waals surface area (Å²) >= 11 is 0. The number of nitrogens with one attached hydrogen (secondary N) is 1. The van der Waals surface area contributed by atoms with Gasteiger partial charge in [0.25, 0.3) is 0 Å². The minimum Gasteiger partial charge on any atom is -0.493 e. The SMILES string of the molecule is COc1ccc(CCNCC(O)COCc2ccccc2C=CC(=O)O)cc1OC. The van der Waals surface area contributed by atoms with E-state index in [0.29, 0.717) is 31.2 Å². The Kier molecular flexibility index (Phi) is 9.86. The number of carboxylic acid groups (broad SMARTS) is 1. The van der Waals surface area contributed by atoms with Gasteiger partial charge in [-0.2, -0.15) is 0 Å². The van der Waals surface area contributed by atoms with Crippen LogP contribution in [0.3, 0.4) is 0 Å². The number of benzene rings is 2. The zero-order chi connectivity index (χ0) is 21.8. The summed E-state index contributed by atoms with van der Waals surface area (Å²) in [5.74, 6) is 0.393. The molecule has 7 heteroatoms. The fraction of sp³-hybridized carbons (Fsp3) is 0.348. The number of rotatable bonds is 13. The van der Waals surface area contributed by atoms with Crippen molar-refractivity contribution >= 4 is 12.0 Å². The molecular formula is C23H29NO6. The normalized spacial score (nSPS) is 12.1. The Morgan fingerprint density at radius 2 is 1.90 bits per heavy atom. The third-order valence-corrected chi connectivity index (χ3v) is 4.45. The van der Waals surface area contributed by atoms with E-state index in [0.717, 1.165) is 29.2 Å². The van der Waals surface area contributed by atoms with Crippen LogP contribution in [0.1, 0.15) is 16.7 Å². The molecule has 0 saturated heterocycles. The zero-order valence-corrected chi connectivity index (χ0v) is 17.3. The van der Waals surface area contributed by atoms with Gasteiger partial charge in [0.1, 0.15) is 0 Å². The van der Waals surface area contributed by atoms with Crippen LogP contribution in [-0.2, 0) is 22.6 Å². The summed E-state index contributed by atoms with van der Waals surface area (Å²) in [5.41, 5.74) is 2.75. The molecule has 0 fully saturated rings. The highest BCUT2D eigenvalue weighted by Crippen LogP contribution is 2.27. The van der Waals surface area contributed by atoms with Crippen molar-refractivity contribution in [3.8, 4) is 11.5 Å². The second-order valence-electron chi connectivity index (χ2n) is 6.68. The minimum absolute atomic E-state index is 0.181. The molecule has 7 nitrogen and oxygen atoms in total. The van der Waals surface area contributed by atoms with E-state index in [-0.39, 0.29) is 6.61 Å². The van der Waals surface area contributed by atoms with Crippen LogP contribution in [0.5, 0.6) is 11.5 Å². The van der Waals surface area contributed by atoms with Crippen LogP contribution in [0.4, 0.5) is 0 Å². The number of aliphatic hydroxyl groups excluding tert-OH is 1. The van der Waals surface area contributed by atoms with Crippen LogP contribution in [0.15, 0.2) is 48.5 Å². The van der Waals surface area contributed by atoms with Crippen molar-refractivity contribution < 1.29 is 29.2 Å². The van der Waals surface area contributed by atoms with Gasteiger partial charge in [-0.1, -0.05) is 30.3 Å². The molecule has 2 aromatic rings. The monoisotopic (exact) mass is 415 g/mol. The summed E-state index contributed by atoms with van der Waals surface area (Å²) in [7, 11) is 3.21. The second kappa shape index (κ2) is 12.6. The summed E-state index contributed by atoms with van der Waals surface area (Å²) in [5, 5.41) is 22.1. The van der Waals surface area contributed by atoms with Gasteiger partial charge in [0.2, 0.25) is 0 Å². The zero-order valence-electron chi connectivity index (χ0n) is 17.3. The quantitative estimate of drug-likeness (QED) is 0.342. The molecule has 0 saturated carbocycles. The fourth-order valence-corrected chi connectivity index (χ4v) is 2.89. The van der Waals surface area contributed by atoms with Crippen LogP contribution in [0.25, 0.3) is 6.08 Å². The van der Waals surface area contributed by atoms with Crippen LogP contribution in [0, 0.1) is 0 Å². The van der Waals surface area contributed by atoms with E-state index in [1.54, 1.807) is 14.2 Å². The summed E-state index contributed by atoms with van der Waals surface area (Å²) in [6, 6.07) is 13.2. The van der Waals surface area contributed by atoms with Crippen LogP contribution in [-0.4, -0.2) is 56.2 Å². The molecule has 3 N–H and O–H groups in total. The van der Waals surface area contributed by atoms with Crippen LogP contribution < -0.4 is 14.8 Å². The van der Waals surface area contributed by atoms with E-state index in [1.807, 2.05) is 42.5 Å². The summed E-state index contributed by atoms with van der Waals surface area (Å²) < 4.78 is 16.1. The first-order valence-corrected chi connectivity index (χ1v) is 9.69. The average Bonchev–Trinajstić information content (AvgIpc) is 2.75. The number of ether oxygens (including phenoxy) is 3. The Balaban J connectivity index is 1.70. The maximum Gasteiger partial charge on any atom is 0.328 e. The van der Waals surface area contributed by atoms with Gasteiger partial charge in [-0.25, -0.2) is 4.79 Å². The first-order valence-electron chi connectivity index (χ1n) is 9.69. The lowest BCUT2D eigenvalue weighted by atomic mass is 10.1. The molecule has 0 aliphatic rings. The van der Waals surface area contributed by atoms with E-state index in [2.05, 4.69) is 5.32 Å². The molecule has 1 atom stereocenters. The number of carboxylic acids is 1. The molecule has 0 heterocycles. The Bertz CT molecular complexity index is 836. The molecule has 0 bridgehead atoms. The lowest BCUT2D eigenvalue weighted by molar-refractivity contribution is -0.131. The molecule has 0 aliphatic heterocycles. The van der Waals surface area contributed by atoms with Crippen LogP contribution in [0.2, 0.25) is 0 Å². The molecule has 1 unspecified atom stereocenters.